The number of anilines is 2. The zero-order valence-corrected chi connectivity index (χ0v) is 14.9. The zero-order chi connectivity index (χ0) is 19.1. The van der Waals surface area contributed by atoms with Gasteiger partial charge in [-0.15, -0.1) is 0 Å². The summed E-state index contributed by atoms with van der Waals surface area (Å²) in [5.41, 5.74) is 2.70. The molecule has 0 heterocycles. The summed E-state index contributed by atoms with van der Waals surface area (Å²) in [4.78, 5) is 24.6. The molecule has 5 heteroatoms. The van der Waals surface area contributed by atoms with Crippen LogP contribution in [0.25, 0.3) is 0 Å². The van der Waals surface area contributed by atoms with Gasteiger partial charge >= 0.3 is 0 Å². The van der Waals surface area contributed by atoms with Crippen molar-refractivity contribution in [2.24, 2.45) is 0 Å². The number of hydrogen-bond acceptors (Lipinski definition) is 3. The molecular weight excluding hydrogens is 340 g/mol. The average Bonchev–Trinajstić information content (AvgIpc) is 2.70. The molecule has 3 aromatic rings. The molecule has 0 bridgehead atoms. The summed E-state index contributed by atoms with van der Waals surface area (Å²) < 4.78 is 5.49. The number of carbonyl (C=O) groups excluding carboxylic acids is 2. The van der Waals surface area contributed by atoms with Gasteiger partial charge in [0.25, 0.3) is 11.8 Å². The Labute approximate surface area is 158 Å². The first-order valence-corrected chi connectivity index (χ1v) is 8.56. The largest absolute Gasteiger partial charge is 0.484 e. The van der Waals surface area contributed by atoms with Crippen LogP contribution >= 0.6 is 0 Å². The average molecular weight is 360 g/mol. The molecule has 0 saturated carbocycles. The van der Waals surface area contributed by atoms with Gasteiger partial charge in [-0.25, -0.2) is 0 Å². The summed E-state index contributed by atoms with van der Waals surface area (Å²) in [6.45, 7) is 1.86. The summed E-state index contributed by atoms with van der Waals surface area (Å²) >= 11 is 0. The third-order valence-corrected chi connectivity index (χ3v) is 3.88. The molecule has 0 aliphatic carbocycles. The third-order valence-electron chi connectivity index (χ3n) is 3.88. The Morgan fingerprint density at radius 3 is 2.04 bits per heavy atom. The first kappa shape index (κ1) is 18.2. The Kier molecular flexibility index (Phi) is 5.84. The second-order valence-electron chi connectivity index (χ2n) is 6.02. The van der Waals surface area contributed by atoms with Crippen molar-refractivity contribution in [2.75, 3.05) is 17.2 Å². The molecule has 3 aromatic carbocycles. The highest BCUT2D eigenvalue weighted by Gasteiger charge is 2.11. The molecule has 2 amide bonds. The lowest BCUT2D eigenvalue weighted by Crippen LogP contribution is -2.21. The van der Waals surface area contributed by atoms with Gasteiger partial charge in [-0.3, -0.25) is 9.59 Å². The summed E-state index contributed by atoms with van der Waals surface area (Å²) in [5, 5.41) is 5.59. The third kappa shape index (κ3) is 5.19. The molecule has 0 aliphatic rings. The van der Waals surface area contributed by atoms with Gasteiger partial charge in [0.05, 0.1) is 11.4 Å². The summed E-state index contributed by atoms with van der Waals surface area (Å²) in [6, 6.07) is 23.4. The summed E-state index contributed by atoms with van der Waals surface area (Å²) in [7, 11) is 0. The predicted molar refractivity (Wildman–Crippen MR) is 106 cm³/mol. The van der Waals surface area contributed by atoms with Gasteiger partial charge in [-0.05, 0) is 43.3 Å². The van der Waals surface area contributed by atoms with Crippen molar-refractivity contribution >= 4 is 23.2 Å². The van der Waals surface area contributed by atoms with Crippen LogP contribution in [0.5, 0.6) is 5.75 Å². The minimum absolute atomic E-state index is 0.121. The molecule has 0 aromatic heterocycles. The quantitative estimate of drug-likeness (QED) is 0.690. The number of carbonyl (C=O) groups is 2. The number of nitrogens with one attached hydrogen (secondary N) is 2. The number of hydrogen-bond donors (Lipinski definition) is 2. The van der Waals surface area contributed by atoms with Crippen molar-refractivity contribution in [3.8, 4) is 5.75 Å². The number of amides is 2. The van der Waals surface area contributed by atoms with Gasteiger partial charge in [0, 0.05) is 5.56 Å². The predicted octanol–water partition coefficient (Wildman–Crippen LogP) is 4.26. The van der Waals surface area contributed by atoms with Gasteiger partial charge in [0.1, 0.15) is 5.75 Å². The van der Waals surface area contributed by atoms with Crippen molar-refractivity contribution in [3.63, 3.8) is 0 Å². The topological polar surface area (TPSA) is 67.4 Å². The lowest BCUT2D eigenvalue weighted by atomic mass is 10.2. The van der Waals surface area contributed by atoms with Crippen LogP contribution < -0.4 is 15.4 Å². The van der Waals surface area contributed by atoms with Crippen molar-refractivity contribution in [1.82, 2.24) is 0 Å². The lowest BCUT2D eigenvalue weighted by molar-refractivity contribution is -0.118. The summed E-state index contributed by atoms with van der Waals surface area (Å²) in [5.74, 6) is 0.0756. The smallest absolute Gasteiger partial charge is 0.262 e. The molecule has 136 valence electrons. The highest BCUT2D eigenvalue weighted by Crippen LogP contribution is 2.22. The molecular formula is C22H20N2O3. The highest BCUT2D eigenvalue weighted by atomic mass is 16.5. The Balaban J connectivity index is 1.62. The van der Waals surface area contributed by atoms with E-state index in [9.17, 15) is 9.59 Å². The molecule has 0 atom stereocenters. The van der Waals surface area contributed by atoms with E-state index in [1.54, 1.807) is 48.5 Å². The van der Waals surface area contributed by atoms with Crippen molar-refractivity contribution in [3.05, 3.63) is 90.0 Å². The Morgan fingerprint density at radius 2 is 1.37 bits per heavy atom. The molecule has 2 N–H and O–H groups in total. The van der Waals surface area contributed by atoms with Gasteiger partial charge < -0.3 is 15.4 Å². The maximum absolute atomic E-state index is 12.3. The number of ether oxygens (including phenoxy) is 1. The van der Waals surface area contributed by atoms with E-state index >= 15 is 0 Å². The first-order chi connectivity index (χ1) is 13.1. The van der Waals surface area contributed by atoms with Crippen molar-refractivity contribution < 1.29 is 14.3 Å². The van der Waals surface area contributed by atoms with Crippen LogP contribution in [-0.2, 0) is 4.79 Å². The fourth-order valence-electron chi connectivity index (χ4n) is 2.45. The van der Waals surface area contributed by atoms with Crippen LogP contribution in [0.4, 0.5) is 11.4 Å². The van der Waals surface area contributed by atoms with E-state index in [1.165, 1.54) is 0 Å². The maximum Gasteiger partial charge on any atom is 0.262 e. The van der Waals surface area contributed by atoms with Crippen LogP contribution in [-0.4, -0.2) is 18.4 Å². The van der Waals surface area contributed by atoms with Gasteiger partial charge in [-0.1, -0.05) is 48.0 Å². The van der Waals surface area contributed by atoms with E-state index in [2.05, 4.69) is 10.6 Å². The summed E-state index contributed by atoms with van der Waals surface area (Å²) in [6.07, 6.45) is 0. The van der Waals surface area contributed by atoms with E-state index < -0.39 is 0 Å². The van der Waals surface area contributed by atoms with E-state index in [1.807, 2.05) is 37.3 Å². The van der Waals surface area contributed by atoms with E-state index in [-0.39, 0.29) is 18.4 Å². The molecule has 0 aliphatic heterocycles. The van der Waals surface area contributed by atoms with Crippen LogP contribution in [0.1, 0.15) is 15.9 Å². The van der Waals surface area contributed by atoms with E-state index in [4.69, 9.17) is 4.74 Å². The molecule has 5 nitrogen and oxygen atoms in total. The lowest BCUT2D eigenvalue weighted by Gasteiger charge is -2.13. The van der Waals surface area contributed by atoms with Crippen LogP contribution in [0, 0.1) is 6.92 Å². The normalized spacial score (nSPS) is 10.1. The standard InChI is InChI=1S/C22H20N2O3/c1-16-11-13-18(14-12-16)27-15-21(25)23-19-9-5-6-10-20(19)24-22(26)17-7-3-2-4-8-17/h2-14H,15H2,1H3,(H,23,25)(H,24,26). The molecule has 0 saturated heterocycles. The first-order valence-electron chi connectivity index (χ1n) is 8.56. The van der Waals surface area contributed by atoms with Gasteiger partial charge in [-0.2, -0.15) is 0 Å². The molecule has 3 rings (SSSR count). The monoisotopic (exact) mass is 360 g/mol. The number of rotatable bonds is 6. The van der Waals surface area contributed by atoms with Crippen LogP contribution in [0.15, 0.2) is 78.9 Å². The van der Waals surface area contributed by atoms with Gasteiger partial charge in [0.15, 0.2) is 6.61 Å². The number of benzene rings is 3. The van der Waals surface area contributed by atoms with Gasteiger partial charge in [0.2, 0.25) is 0 Å². The van der Waals surface area contributed by atoms with Crippen LogP contribution in [0.3, 0.4) is 0 Å². The van der Waals surface area contributed by atoms with Crippen molar-refractivity contribution in [1.29, 1.82) is 0 Å². The molecule has 0 spiro atoms. The number of aryl methyl sites for hydroxylation is 1. The second-order valence-corrected chi connectivity index (χ2v) is 6.02. The minimum Gasteiger partial charge on any atom is -0.484 e. The molecule has 0 radical (unpaired) electrons. The van der Waals surface area contributed by atoms with E-state index in [0.717, 1.165) is 5.56 Å². The van der Waals surface area contributed by atoms with E-state index in [0.29, 0.717) is 22.7 Å². The molecule has 0 unspecified atom stereocenters. The Hall–Kier alpha value is -3.60. The highest BCUT2D eigenvalue weighted by molar-refractivity contribution is 6.07. The maximum atomic E-state index is 12.3. The molecule has 27 heavy (non-hydrogen) atoms. The van der Waals surface area contributed by atoms with Crippen molar-refractivity contribution in [2.45, 2.75) is 6.92 Å². The SMILES string of the molecule is Cc1ccc(OCC(=O)Nc2ccccc2NC(=O)c2ccccc2)cc1. The minimum atomic E-state index is -0.308. The fourth-order valence-corrected chi connectivity index (χ4v) is 2.45. The number of para-hydroxylation sites is 2. The molecule has 0 fully saturated rings. The Bertz CT molecular complexity index is 922. The fraction of sp³-hybridized carbons (Fsp3) is 0.0909. The second kappa shape index (κ2) is 8.67. The van der Waals surface area contributed by atoms with Crippen LogP contribution in [0.2, 0.25) is 0 Å². The zero-order valence-electron chi connectivity index (χ0n) is 14.9. The Morgan fingerprint density at radius 1 is 0.778 bits per heavy atom.